The highest BCUT2D eigenvalue weighted by Crippen LogP contribution is 2.33. The fourth-order valence-electron chi connectivity index (χ4n) is 2.87. The van der Waals surface area contributed by atoms with Gasteiger partial charge in [0.25, 0.3) is 0 Å². The fraction of sp³-hybridized carbons (Fsp3) is 0.684. The van der Waals surface area contributed by atoms with Crippen LogP contribution in [-0.4, -0.2) is 5.11 Å². The van der Waals surface area contributed by atoms with Gasteiger partial charge >= 0.3 is 0 Å². The van der Waals surface area contributed by atoms with Gasteiger partial charge < -0.3 is 5.11 Å². The highest BCUT2D eigenvalue weighted by Gasteiger charge is 2.22. The first-order chi connectivity index (χ1) is 9.79. The van der Waals surface area contributed by atoms with Crippen LogP contribution in [0.3, 0.4) is 0 Å². The topological polar surface area (TPSA) is 20.2 Å². The second kappa shape index (κ2) is 10.9. The van der Waals surface area contributed by atoms with Crippen LogP contribution in [0.5, 0.6) is 0 Å². The molecule has 114 valence electrons. The maximum Gasteiger partial charge on any atom is 0.0818 e. The number of hydrogen-bond acceptors (Lipinski definition) is 1. The maximum atomic E-state index is 10.1. The van der Waals surface area contributed by atoms with Gasteiger partial charge in [0.15, 0.2) is 0 Å². The number of rotatable bonds is 5. The van der Waals surface area contributed by atoms with Gasteiger partial charge in [0.2, 0.25) is 0 Å². The molecule has 0 aromatic heterocycles. The summed E-state index contributed by atoms with van der Waals surface area (Å²) in [6.07, 6.45) is 11.6. The van der Waals surface area contributed by atoms with Gasteiger partial charge in [0.1, 0.15) is 0 Å². The zero-order valence-corrected chi connectivity index (χ0v) is 13.4. The molecule has 0 amide bonds. The molecular weight excluding hydrogens is 244 g/mol. The van der Waals surface area contributed by atoms with Crippen LogP contribution in [0.2, 0.25) is 0 Å². The van der Waals surface area contributed by atoms with E-state index in [1.54, 1.807) is 0 Å². The average molecular weight is 276 g/mol. The van der Waals surface area contributed by atoms with Crippen molar-refractivity contribution >= 4 is 0 Å². The van der Waals surface area contributed by atoms with Crippen molar-refractivity contribution in [3.8, 4) is 0 Å². The smallest absolute Gasteiger partial charge is 0.0818 e. The van der Waals surface area contributed by atoms with Crippen LogP contribution in [0.15, 0.2) is 30.3 Å². The SMILES string of the molecule is CCCCCC.OC(c1ccccc1)C1CCCCC1. The number of benzene rings is 1. The third-order valence-corrected chi connectivity index (χ3v) is 4.19. The summed E-state index contributed by atoms with van der Waals surface area (Å²) in [4.78, 5) is 0. The number of unbranched alkanes of at least 4 members (excludes halogenated alkanes) is 3. The minimum Gasteiger partial charge on any atom is -0.388 e. The second-order valence-corrected chi connectivity index (χ2v) is 5.96. The highest BCUT2D eigenvalue weighted by molar-refractivity contribution is 5.18. The fourth-order valence-corrected chi connectivity index (χ4v) is 2.87. The predicted molar refractivity (Wildman–Crippen MR) is 87.8 cm³/mol. The first kappa shape index (κ1) is 17.2. The molecule has 1 saturated carbocycles. The van der Waals surface area contributed by atoms with E-state index in [0.29, 0.717) is 5.92 Å². The van der Waals surface area contributed by atoms with Gasteiger partial charge in [-0.15, -0.1) is 0 Å². The van der Waals surface area contributed by atoms with Gasteiger partial charge in [0.05, 0.1) is 6.10 Å². The molecule has 1 aromatic carbocycles. The van der Waals surface area contributed by atoms with Gasteiger partial charge in [0, 0.05) is 0 Å². The first-order valence-electron chi connectivity index (χ1n) is 8.52. The molecule has 0 radical (unpaired) electrons. The van der Waals surface area contributed by atoms with E-state index in [1.807, 2.05) is 30.3 Å². The summed E-state index contributed by atoms with van der Waals surface area (Å²) in [5, 5.41) is 10.1. The van der Waals surface area contributed by atoms with Gasteiger partial charge in [-0.1, -0.05) is 89.1 Å². The van der Waals surface area contributed by atoms with Crippen LogP contribution in [-0.2, 0) is 0 Å². The lowest BCUT2D eigenvalue weighted by molar-refractivity contribution is 0.0848. The van der Waals surface area contributed by atoms with Gasteiger partial charge in [-0.05, 0) is 24.3 Å². The molecule has 0 bridgehead atoms. The summed E-state index contributed by atoms with van der Waals surface area (Å²) in [6.45, 7) is 4.46. The summed E-state index contributed by atoms with van der Waals surface area (Å²) in [5.74, 6) is 0.492. The van der Waals surface area contributed by atoms with E-state index in [2.05, 4.69) is 13.8 Å². The molecule has 1 aliphatic carbocycles. The Balaban J connectivity index is 0.000000286. The molecule has 1 fully saturated rings. The van der Waals surface area contributed by atoms with E-state index in [0.717, 1.165) is 5.56 Å². The van der Waals surface area contributed by atoms with E-state index < -0.39 is 0 Å². The Bertz CT molecular complexity index is 310. The van der Waals surface area contributed by atoms with E-state index >= 15 is 0 Å². The number of hydrogen-bond donors (Lipinski definition) is 1. The second-order valence-electron chi connectivity index (χ2n) is 5.96. The molecule has 1 unspecified atom stereocenters. The molecule has 1 atom stereocenters. The summed E-state index contributed by atoms with van der Waals surface area (Å²) in [7, 11) is 0. The van der Waals surface area contributed by atoms with Gasteiger partial charge in [-0.3, -0.25) is 0 Å². The Kier molecular flexibility index (Phi) is 9.40. The standard InChI is InChI=1S/C13H18O.C6H14/c14-13(11-7-3-1-4-8-11)12-9-5-2-6-10-12;1-3-5-6-4-2/h1,3-4,7-8,12-14H,2,5-6,9-10H2;3-6H2,1-2H3. The monoisotopic (exact) mass is 276 g/mol. The molecular formula is C19H32O. The van der Waals surface area contributed by atoms with Crippen molar-refractivity contribution in [1.29, 1.82) is 0 Å². The van der Waals surface area contributed by atoms with E-state index in [1.165, 1.54) is 57.8 Å². The molecule has 0 heterocycles. The van der Waals surface area contributed by atoms with Crippen LogP contribution in [0.1, 0.15) is 83.3 Å². The lowest BCUT2D eigenvalue weighted by Crippen LogP contribution is -2.15. The molecule has 1 heteroatoms. The van der Waals surface area contributed by atoms with Crippen molar-refractivity contribution < 1.29 is 5.11 Å². The van der Waals surface area contributed by atoms with Crippen LogP contribution < -0.4 is 0 Å². The van der Waals surface area contributed by atoms with Gasteiger partial charge in [-0.25, -0.2) is 0 Å². The van der Waals surface area contributed by atoms with Crippen LogP contribution in [0.4, 0.5) is 0 Å². The minimum absolute atomic E-state index is 0.239. The molecule has 1 aromatic rings. The quantitative estimate of drug-likeness (QED) is 0.665. The molecule has 1 nitrogen and oxygen atoms in total. The normalized spacial score (nSPS) is 17.1. The lowest BCUT2D eigenvalue weighted by atomic mass is 9.83. The van der Waals surface area contributed by atoms with Crippen molar-refractivity contribution in [3.63, 3.8) is 0 Å². The Morgan fingerprint density at radius 2 is 1.50 bits per heavy atom. The number of aliphatic hydroxyl groups excluding tert-OH is 1. The molecule has 1 N–H and O–H groups in total. The van der Waals surface area contributed by atoms with Crippen molar-refractivity contribution in [1.82, 2.24) is 0 Å². The van der Waals surface area contributed by atoms with Crippen LogP contribution >= 0.6 is 0 Å². The van der Waals surface area contributed by atoms with Crippen LogP contribution in [0, 0.1) is 5.92 Å². The predicted octanol–water partition coefficient (Wildman–Crippen LogP) is 5.89. The third-order valence-electron chi connectivity index (χ3n) is 4.19. The third kappa shape index (κ3) is 6.56. The minimum atomic E-state index is -0.239. The molecule has 0 aliphatic heterocycles. The van der Waals surface area contributed by atoms with Crippen LogP contribution in [0.25, 0.3) is 0 Å². The summed E-state index contributed by atoms with van der Waals surface area (Å²) < 4.78 is 0. The highest BCUT2D eigenvalue weighted by atomic mass is 16.3. The maximum absolute atomic E-state index is 10.1. The van der Waals surface area contributed by atoms with Crippen molar-refractivity contribution in [2.24, 2.45) is 5.92 Å². The molecule has 1 aliphatic rings. The zero-order valence-electron chi connectivity index (χ0n) is 13.4. The van der Waals surface area contributed by atoms with Crippen molar-refractivity contribution in [3.05, 3.63) is 35.9 Å². The summed E-state index contributed by atoms with van der Waals surface area (Å²) in [5.41, 5.74) is 1.08. The molecule has 0 spiro atoms. The Morgan fingerprint density at radius 3 is 2.00 bits per heavy atom. The Morgan fingerprint density at radius 1 is 0.950 bits per heavy atom. The zero-order chi connectivity index (χ0) is 14.6. The van der Waals surface area contributed by atoms with Gasteiger partial charge in [-0.2, -0.15) is 0 Å². The molecule has 0 saturated heterocycles. The Labute approximate surface area is 125 Å². The van der Waals surface area contributed by atoms with E-state index in [-0.39, 0.29) is 6.10 Å². The Hall–Kier alpha value is -0.820. The average Bonchev–Trinajstić information content (AvgIpc) is 2.54. The molecule has 2 rings (SSSR count). The largest absolute Gasteiger partial charge is 0.388 e. The number of aliphatic hydroxyl groups is 1. The lowest BCUT2D eigenvalue weighted by Gasteiger charge is -2.26. The first-order valence-corrected chi connectivity index (χ1v) is 8.52. The van der Waals surface area contributed by atoms with Crippen molar-refractivity contribution in [2.45, 2.75) is 77.7 Å². The van der Waals surface area contributed by atoms with E-state index in [4.69, 9.17) is 0 Å². The summed E-state index contributed by atoms with van der Waals surface area (Å²) >= 11 is 0. The van der Waals surface area contributed by atoms with Crippen molar-refractivity contribution in [2.75, 3.05) is 0 Å². The molecule has 20 heavy (non-hydrogen) atoms. The summed E-state index contributed by atoms with van der Waals surface area (Å²) in [6, 6.07) is 10.1. The van der Waals surface area contributed by atoms with E-state index in [9.17, 15) is 5.11 Å².